The van der Waals surface area contributed by atoms with Gasteiger partial charge in [0, 0.05) is 5.56 Å². The zero-order chi connectivity index (χ0) is 13.2. The molecule has 0 fully saturated rings. The third-order valence-electron chi connectivity index (χ3n) is 2.49. The first-order chi connectivity index (χ1) is 8.53. The Labute approximate surface area is 109 Å². The molecule has 0 amide bonds. The second-order valence-corrected chi connectivity index (χ2v) is 4.49. The standard InChI is InChI=1S/C14H12BrFO/c15-13(10-6-2-1-3-7-10)14(17)11-8-4-5-9-12(11)16/h1-9,13-14,17H/i13D. The molecule has 2 aromatic carbocycles. The number of aliphatic hydroxyl groups excluding tert-OH is 1. The Kier molecular flexibility index (Phi) is 3.49. The highest BCUT2D eigenvalue weighted by molar-refractivity contribution is 9.09. The third kappa shape index (κ3) is 2.73. The molecule has 17 heavy (non-hydrogen) atoms. The summed E-state index contributed by atoms with van der Waals surface area (Å²) in [5, 5.41) is 10.2. The average Bonchev–Trinajstić information content (AvgIpc) is 2.39. The third-order valence-corrected chi connectivity index (χ3v) is 3.38. The molecule has 0 saturated heterocycles. The van der Waals surface area contributed by atoms with Crippen LogP contribution in [0.15, 0.2) is 54.6 Å². The van der Waals surface area contributed by atoms with Gasteiger partial charge in [0.25, 0.3) is 0 Å². The predicted octanol–water partition coefficient (Wildman–Crippen LogP) is 4.00. The monoisotopic (exact) mass is 295 g/mol. The molecule has 0 aliphatic rings. The van der Waals surface area contributed by atoms with Crippen molar-refractivity contribution >= 4 is 15.9 Å². The molecular weight excluding hydrogens is 283 g/mol. The lowest BCUT2D eigenvalue weighted by molar-refractivity contribution is 0.172. The molecule has 0 radical (unpaired) electrons. The van der Waals surface area contributed by atoms with Crippen LogP contribution in [0.3, 0.4) is 0 Å². The van der Waals surface area contributed by atoms with E-state index in [2.05, 4.69) is 15.9 Å². The van der Waals surface area contributed by atoms with Gasteiger partial charge in [-0.3, -0.25) is 0 Å². The van der Waals surface area contributed by atoms with E-state index in [1.165, 1.54) is 12.1 Å². The number of alkyl halides is 1. The molecule has 0 spiro atoms. The highest BCUT2D eigenvalue weighted by atomic mass is 79.9. The molecule has 88 valence electrons. The number of hydrogen-bond donors (Lipinski definition) is 1. The molecule has 0 bridgehead atoms. The van der Waals surface area contributed by atoms with Crippen LogP contribution in [0.4, 0.5) is 4.39 Å². The molecule has 1 nitrogen and oxygen atoms in total. The summed E-state index contributed by atoms with van der Waals surface area (Å²) in [5.41, 5.74) is 0.675. The van der Waals surface area contributed by atoms with E-state index in [1.54, 1.807) is 36.4 Å². The second kappa shape index (κ2) is 5.43. The van der Waals surface area contributed by atoms with E-state index in [1.807, 2.05) is 6.07 Å². The summed E-state index contributed by atoms with van der Waals surface area (Å²) in [7, 11) is 0. The summed E-state index contributed by atoms with van der Waals surface area (Å²) < 4.78 is 21.8. The molecule has 2 atom stereocenters. The van der Waals surface area contributed by atoms with E-state index in [-0.39, 0.29) is 5.56 Å². The Morgan fingerprint density at radius 3 is 2.29 bits per heavy atom. The van der Waals surface area contributed by atoms with Crippen LogP contribution in [0, 0.1) is 5.82 Å². The van der Waals surface area contributed by atoms with E-state index >= 15 is 0 Å². The highest BCUT2D eigenvalue weighted by Crippen LogP contribution is 2.36. The van der Waals surface area contributed by atoms with E-state index in [9.17, 15) is 9.50 Å². The summed E-state index contributed by atoms with van der Waals surface area (Å²) >= 11 is 3.18. The van der Waals surface area contributed by atoms with Gasteiger partial charge in [-0.05, 0) is 11.6 Å². The molecule has 0 saturated carbocycles. The van der Waals surface area contributed by atoms with Crippen molar-refractivity contribution < 1.29 is 10.9 Å². The zero-order valence-corrected chi connectivity index (χ0v) is 10.6. The fourth-order valence-electron chi connectivity index (χ4n) is 1.59. The van der Waals surface area contributed by atoms with Crippen LogP contribution >= 0.6 is 15.9 Å². The van der Waals surface area contributed by atoms with Crippen LogP contribution in [0.1, 0.15) is 23.4 Å². The molecule has 0 heterocycles. The summed E-state index contributed by atoms with van der Waals surface area (Å²) in [6.07, 6.45) is -1.29. The number of benzene rings is 2. The second-order valence-electron chi connectivity index (χ2n) is 3.64. The van der Waals surface area contributed by atoms with Crippen LogP contribution < -0.4 is 0 Å². The van der Waals surface area contributed by atoms with Gasteiger partial charge in [0.15, 0.2) is 0 Å². The van der Waals surface area contributed by atoms with Gasteiger partial charge in [-0.1, -0.05) is 64.5 Å². The maximum Gasteiger partial charge on any atom is 0.129 e. The summed E-state index contributed by atoms with van der Waals surface area (Å²) in [6.45, 7) is 0. The maximum atomic E-state index is 13.6. The van der Waals surface area contributed by atoms with Gasteiger partial charge >= 0.3 is 0 Å². The van der Waals surface area contributed by atoms with Gasteiger partial charge in [0.2, 0.25) is 0 Å². The first-order valence-corrected chi connectivity index (χ1v) is 5.99. The lowest BCUT2D eigenvalue weighted by Gasteiger charge is -2.18. The van der Waals surface area contributed by atoms with Crippen molar-refractivity contribution in [2.45, 2.75) is 10.9 Å². The van der Waals surface area contributed by atoms with Crippen molar-refractivity contribution in [3.63, 3.8) is 0 Å². The number of aliphatic hydroxyl groups is 1. The molecule has 2 aromatic rings. The van der Waals surface area contributed by atoms with Crippen molar-refractivity contribution in [2.24, 2.45) is 0 Å². The average molecular weight is 296 g/mol. The van der Waals surface area contributed by atoms with Gasteiger partial charge < -0.3 is 5.11 Å². The number of rotatable bonds is 3. The molecular formula is C14H12BrFO. The van der Waals surface area contributed by atoms with E-state index < -0.39 is 16.7 Å². The molecule has 2 unspecified atom stereocenters. The van der Waals surface area contributed by atoms with Crippen molar-refractivity contribution in [1.82, 2.24) is 0 Å². The Morgan fingerprint density at radius 2 is 1.65 bits per heavy atom. The lowest BCUT2D eigenvalue weighted by atomic mass is 10.0. The Bertz CT molecular complexity index is 530. The largest absolute Gasteiger partial charge is 0.387 e. The molecule has 0 aromatic heterocycles. The Balaban J connectivity index is 2.39. The van der Waals surface area contributed by atoms with Crippen molar-refractivity contribution in [3.8, 4) is 0 Å². The number of halogens is 2. The van der Waals surface area contributed by atoms with E-state index in [0.717, 1.165) is 0 Å². The minimum absolute atomic E-state index is 0.105. The molecule has 0 aliphatic carbocycles. The van der Waals surface area contributed by atoms with Crippen LogP contribution in [0.2, 0.25) is 0 Å². The van der Waals surface area contributed by atoms with Crippen LogP contribution in [-0.2, 0) is 0 Å². The quantitative estimate of drug-likeness (QED) is 0.849. The normalized spacial score (nSPS) is 17.0. The summed E-state index contributed by atoms with van der Waals surface area (Å²) in [5.74, 6) is -0.517. The molecule has 3 heteroatoms. The minimum atomic E-state index is -1.48. The first kappa shape index (κ1) is 10.9. The highest BCUT2D eigenvalue weighted by Gasteiger charge is 2.22. The zero-order valence-electron chi connectivity index (χ0n) is 9.98. The minimum Gasteiger partial charge on any atom is -0.387 e. The molecule has 2 rings (SSSR count). The fraction of sp³-hybridized carbons (Fsp3) is 0.143. The van der Waals surface area contributed by atoms with Crippen LogP contribution in [0.5, 0.6) is 0 Å². The topological polar surface area (TPSA) is 20.2 Å². The fourth-order valence-corrected chi connectivity index (χ4v) is 2.10. The Morgan fingerprint density at radius 1 is 1.06 bits per heavy atom. The van der Waals surface area contributed by atoms with Gasteiger partial charge in [0.05, 0.1) is 12.3 Å². The van der Waals surface area contributed by atoms with Crippen LogP contribution in [-0.4, -0.2) is 5.11 Å². The maximum absolute atomic E-state index is 13.6. The SMILES string of the molecule is [2H]C(Br)(c1ccccc1)C(O)c1ccccc1F. The van der Waals surface area contributed by atoms with Crippen LogP contribution in [0.25, 0.3) is 0 Å². The van der Waals surface area contributed by atoms with Crippen molar-refractivity contribution in [3.05, 3.63) is 71.5 Å². The lowest BCUT2D eigenvalue weighted by Crippen LogP contribution is -2.07. The Hall–Kier alpha value is -1.19. The van der Waals surface area contributed by atoms with Gasteiger partial charge in [0.1, 0.15) is 5.82 Å². The molecule has 1 N–H and O–H groups in total. The first-order valence-electron chi connectivity index (χ1n) is 5.70. The van der Waals surface area contributed by atoms with Crippen molar-refractivity contribution in [2.75, 3.05) is 0 Å². The van der Waals surface area contributed by atoms with Crippen molar-refractivity contribution in [1.29, 1.82) is 0 Å². The van der Waals surface area contributed by atoms with Gasteiger partial charge in [-0.15, -0.1) is 0 Å². The van der Waals surface area contributed by atoms with Gasteiger partial charge in [-0.25, -0.2) is 4.39 Å². The molecule has 0 aliphatic heterocycles. The summed E-state index contributed by atoms with van der Waals surface area (Å²) in [6, 6.07) is 14.7. The number of hydrogen-bond acceptors (Lipinski definition) is 1. The smallest absolute Gasteiger partial charge is 0.129 e. The summed E-state index contributed by atoms with van der Waals surface area (Å²) in [4.78, 5) is -1.48. The van der Waals surface area contributed by atoms with E-state index in [4.69, 9.17) is 1.37 Å². The predicted molar refractivity (Wildman–Crippen MR) is 69.5 cm³/mol. The van der Waals surface area contributed by atoms with E-state index in [0.29, 0.717) is 5.56 Å². The van der Waals surface area contributed by atoms with Gasteiger partial charge in [-0.2, -0.15) is 0 Å².